The molecule has 0 saturated heterocycles. The summed E-state index contributed by atoms with van der Waals surface area (Å²) >= 11 is 11.2. The van der Waals surface area contributed by atoms with Gasteiger partial charge in [0.1, 0.15) is 0 Å². The lowest BCUT2D eigenvalue weighted by Crippen LogP contribution is -2.70. The smallest absolute Gasteiger partial charge is 0.306 e. The number of ether oxygens (including phenoxy) is 2. The van der Waals surface area contributed by atoms with Crippen LogP contribution < -0.4 is 0 Å². The van der Waals surface area contributed by atoms with Crippen molar-refractivity contribution in [3.63, 3.8) is 0 Å². The number of halogens is 2. The summed E-state index contributed by atoms with van der Waals surface area (Å²) in [6.07, 6.45) is 9.31. The molecule has 2 heterocycles. The Labute approximate surface area is 276 Å². The highest BCUT2D eigenvalue weighted by Crippen LogP contribution is 2.72. The summed E-state index contributed by atoms with van der Waals surface area (Å²) < 4.78 is 14.0. The molecule has 3 fully saturated rings. The summed E-state index contributed by atoms with van der Waals surface area (Å²) in [6, 6.07) is 0. The number of nitrogens with zero attached hydrogens (tertiary/aromatic N) is 4. The highest BCUT2D eigenvalue weighted by Gasteiger charge is 2.76. The van der Waals surface area contributed by atoms with E-state index in [1.165, 1.54) is 0 Å². The number of alkyl halides is 1. The SMILES string of the molecule is CCC(=O)OCC(=O)[C@]1(OC(=O)CC)[C@@H](C)C[C@H]2[C@@H]3CCC4=Cc5c(cnn5-c5ncc(Br)cn5)C[C@]4(C)[C@@]3(Cl)[C@@H](O)C[C@@]21C. The van der Waals surface area contributed by atoms with Gasteiger partial charge in [-0.1, -0.05) is 40.2 Å². The zero-order valence-electron chi connectivity index (χ0n) is 26.3. The second-order valence-corrected chi connectivity index (χ2v) is 15.2. The molecule has 0 unspecified atom stereocenters. The Kier molecular flexibility index (Phi) is 8.09. The Balaban J connectivity index is 1.39. The molecule has 45 heavy (non-hydrogen) atoms. The maximum Gasteiger partial charge on any atom is 0.306 e. The molecule has 4 aliphatic rings. The molecule has 1 N–H and O–H groups in total. The largest absolute Gasteiger partial charge is 0.457 e. The number of rotatable bonds is 7. The van der Waals surface area contributed by atoms with E-state index in [-0.39, 0.29) is 37.0 Å². The van der Waals surface area contributed by atoms with Crippen molar-refractivity contribution >= 4 is 51.3 Å². The molecule has 3 saturated carbocycles. The molecule has 0 radical (unpaired) electrons. The van der Waals surface area contributed by atoms with Crippen molar-refractivity contribution in [1.29, 1.82) is 0 Å². The van der Waals surface area contributed by atoms with E-state index >= 15 is 0 Å². The second-order valence-electron chi connectivity index (χ2n) is 13.6. The van der Waals surface area contributed by atoms with Gasteiger partial charge in [-0.2, -0.15) is 9.78 Å². The number of aromatic nitrogens is 4. The number of carbonyl (C=O) groups is 3. The maximum atomic E-state index is 14.1. The summed E-state index contributed by atoms with van der Waals surface area (Å²) in [7, 11) is 0. The average Bonchev–Trinajstić information content (AvgIpc) is 3.51. The highest BCUT2D eigenvalue weighted by molar-refractivity contribution is 9.10. The van der Waals surface area contributed by atoms with E-state index in [1.807, 2.05) is 20.0 Å². The zero-order chi connectivity index (χ0) is 32.5. The minimum Gasteiger partial charge on any atom is -0.457 e. The van der Waals surface area contributed by atoms with E-state index in [1.54, 1.807) is 30.9 Å². The fourth-order valence-corrected chi connectivity index (χ4v) is 10.2. The molecule has 242 valence electrons. The number of hydrogen-bond acceptors (Lipinski definition) is 9. The first kappa shape index (κ1) is 32.3. The van der Waals surface area contributed by atoms with Crippen molar-refractivity contribution < 1.29 is 29.0 Å². The summed E-state index contributed by atoms with van der Waals surface area (Å²) in [6.45, 7) is 8.89. The predicted octanol–water partition coefficient (Wildman–Crippen LogP) is 5.40. The van der Waals surface area contributed by atoms with Gasteiger partial charge in [0, 0.05) is 42.0 Å². The summed E-state index contributed by atoms with van der Waals surface area (Å²) in [5.74, 6) is -1.63. The molecule has 2 aromatic rings. The van der Waals surface area contributed by atoms with Gasteiger partial charge in [0.15, 0.2) is 12.2 Å². The van der Waals surface area contributed by atoms with Crippen LogP contribution in [0.25, 0.3) is 12.0 Å². The molecule has 6 rings (SSSR count). The molecule has 0 spiro atoms. The van der Waals surface area contributed by atoms with Crippen molar-refractivity contribution in [3.05, 3.63) is 39.9 Å². The van der Waals surface area contributed by atoms with E-state index < -0.39 is 51.7 Å². The summed E-state index contributed by atoms with van der Waals surface area (Å²) in [5.41, 5.74) is -0.0367. The van der Waals surface area contributed by atoms with Gasteiger partial charge in [-0.25, -0.2) is 9.97 Å². The molecule has 0 bridgehead atoms. The topological polar surface area (TPSA) is 134 Å². The number of fused-ring (bicyclic) bond motifs is 6. The fraction of sp³-hybridized carbons (Fsp3) is 0.636. The number of esters is 2. The first-order valence-electron chi connectivity index (χ1n) is 15.8. The van der Waals surface area contributed by atoms with Crippen LogP contribution in [-0.2, 0) is 30.3 Å². The minimum absolute atomic E-state index is 0.0935. The lowest BCUT2D eigenvalue weighted by molar-refractivity contribution is -0.204. The molecule has 10 nitrogen and oxygen atoms in total. The van der Waals surface area contributed by atoms with Crippen molar-refractivity contribution in [2.75, 3.05) is 6.61 Å². The lowest BCUT2D eigenvalue weighted by atomic mass is 9.44. The van der Waals surface area contributed by atoms with Gasteiger partial charge >= 0.3 is 11.9 Å². The summed E-state index contributed by atoms with van der Waals surface area (Å²) in [5, 5.41) is 16.9. The molecule has 0 aliphatic heterocycles. The first-order chi connectivity index (χ1) is 21.3. The monoisotopic (exact) mass is 702 g/mol. The quantitative estimate of drug-likeness (QED) is 0.297. The van der Waals surface area contributed by atoms with E-state index in [2.05, 4.69) is 44.0 Å². The number of carbonyl (C=O) groups excluding carboxylic acids is 3. The average molecular weight is 704 g/mol. The van der Waals surface area contributed by atoms with E-state index in [4.69, 9.17) is 21.1 Å². The Hall–Kier alpha value is -2.63. The predicted molar refractivity (Wildman–Crippen MR) is 169 cm³/mol. The highest BCUT2D eigenvalue weighted by atomic mass is 79.9. The number of aliphatic hydroxyl groups is 1. The van der Waals surface area contributed by atoms with Gasteiger partial charge in [-0.3, -0.25) is 14.4 Å². The molecule has 4 aliphatic carbocycles. The van der Waals surface area contributed by atoms with E-state index in [9.17, 15) is 19.5 Å². The van der Waals surface area contributed by atoms with Crippen LogP contribution in [0.3, 0.4) is 0 Å². The van der Waals surface area contributed by atoms with Crippen LogP contribution in [0, 0.1) is 28.6 Å². The van der Waals surface area contributed by atoms with Gasteiger partial charge in [-0.05, 0) is 71.5 Å². The van der Waals surface area contributed by atoms with Crippen molar-refractivity contribution in [2.45, 2.75) is 96.1 Å². The number of Topliss-reactive ketones (excluding diaryl/α,β-unsaturated/α-hetero) is 1. The third kappa shape index (κ3) is 4.50. The molecule has 0 aromatic carbocycles. The molecule has 12 heteroatoms. The van der Waals surface area contributed by atoms with Crippen LogP contribution in [-0.4, -0.2) is 65.8 Å². The van der Waals surface area contributed by atoms with Gasteiger partial charge in [0.25, 0.3) is 5.95 Å². The van der Waals surface area contributed by atoms with Crippen LogP contribution in [0.5, 0.6) is 0 Å². The standard InChI is InChI=1S/C33H40BrClN4O6/c1-6-27(42)44-17-26(41)33(45-28(43)7-2)18(3)10-23-22-9-8-20-11-24-19(14-38-39(24)29-36-15-21(34)16-37-29)12-30(20,4)32(22,35)25(40)13-31(23,33)5/h11,14-16,18,22-23,25,40H,6-10,12-13,17H2,1-5H3/t18-,22-,23-,25-,30-,31-,32-,33+/m0/s1. The Morgan fingerprint density at radius 3 is 2.47 bits per heavy atom. The van der Waals surface area contributed by atoms with Gasteiger partial charge in [0.2, 0.25) is 5.78 Å². The molecule has 2 aromatic heterocycles. The summed E-state index contributed by atoms with van der Waals surface area (Å²) in [4.78, 5) is 46.9. The molecule has 0 amide bonds. The normalized spacial score (nSPS) is 36.6. The third-order valence-electron chi connectivity index (χ3n) is 11.5. The fourth-order valence-electron chi connectivity index (χ4n) is 9.42. The number of ketones is 1. The van der Waals surface area contributed by atoms with Crippen LogP contribution in [0.15, 0.2) is 28.6 Å². The minimum atomic E-state index is -1.56. The van der Waals surface area contributed by atoms with Crippen LogP contribution in [0.2, 0.25) is 0 Å². The van der Waals surface area contributed by atoms with Crippen molar-refractivity contribution in [3.8, 4) is 5.95 Å². The first-order valence-corrected chi connectivity index (χ1v) is 17.0. The molecular formula is C33H40BrClN4O6. The van der Waals surface area contributed by atoms with E-state index in [0.29, 0.717) is 25.2 Å². The number of allylic oxidation sites excluding steroid dienone is 1. The Morgan fingerprint density at radius 2 is 1.80 bits per heavy atom. The molecular weight excluding hydrogens is 664 g/mol. The second kappa shape index (κ2) is 11.3. The van der Waals surface area contributed by atoms with Crippen LogP contribution >= 0.6 is 27.5 Å². The Morgan fingerprint density at radius 1 is 1.11 bits per heavy atom. The van der Waals surface area contributed by atoms with Gasteiger partial charge in [-0.15, -0.1) is 11.6 Å². The number of aliphatic hydroxyl groups excluding tert-OH is 1. The van der Waals surface area contributed by atoms with Crippen LogP contribution in [0.4, 0.5) is 0 Å². The zero-order valence-corrected chi connectivity index (χ0v) is 28.7. The van der Waals surface area contributed by atoms with Gasteiger partial charge in [0.05, 0.1) is 27.3 Å². The van der Waals surface area contributed by atoms with Crippen LogP contribution in [0.1, 0.15) is 84.4 Å². The van der Waals surface area contributed by atoms with E-state index in [0.717, 1.165) is 27.7 Å². The molecule has 8 atom stereocenters. The third-order valence-corrected chi connectivity index (χ3v) is 12.9. The van der Waals surface area contributed by atoms with Crippen molar-refractivity contribution in [2.24, 2.45) is 28.6 Å². The number of hydrogen-bond donors (Lipinski definition) is 1. The lowest BCUT2D eigenvalue weighted by Gasteiger charge is -2.64. The Bertz CT molecular complexity index is 1580. The maximum absolute atomic E-state index is 14.1. The van der Waals surface area contributed by atoms with Crippen molar-refractivity contribution in [1.82, 2.24) is 19.7 Å². The van der Waals surface area contributed by atoms with Gasteiger partial charge < -0.3 is 14.6 Å².